The molecular formula is C14H23BN2. The van der Waals surface area contributed by atoms with Crippen molar-refractivity contribution >= 4 is 12.4 Å². The van der Waals surface area contributed by atoms with E-state index in [0.717, 1.165) is 24.5 Å². The Hall–Kier alpha value is -1.30. The number of aliphatic imine (C=N–C) groups is 1. The minimum atomic E-state index is 0.561. The van der Waals surface area contributed by atoms with Crippen LogP contribution in [-0.4, -0.2) is 12.4 Å². The zero-order valence-electron chi connectivity index (χ0n) is 11.6. The van der Waals surface area contributed by atoms with Crippen molar-refractivity contribution in [1.29, 1.82) is 5.26 Å². The lowest BCUT2D eigenvalue weighted by atomic mass is 9.46. The first-order valence-corrected chi connectivity index (χ1v) is 6.32. The van der Waals surface area contributed by atoms with Gasteiger partial charge in [0.05, 0.1) is 11.3 Å². The molecule has 0 rings (SSSR count). The van der Waals surface area contributed by atoms with E-state index in [4.69, 9.17) is 5.26 Å². The molecule has 0 atom stereocenters. The summed E-state index contributed by atoms with van der Waals surface area (Å²) in [7, 11) is 0. The number of rotatable bonds is 7. The largest absolute Gasteiger partial charge is 0.262 e. The van der Waals surface area contributed by atoms with Gasteiger partial charge in [-0.05, 0) is 26.3 Å². The molecule has 0 aromatic rings. The van der Waals surface area contributed by atoms with Crippen molar-refractivity contribution in [2.75, 3.05) is 0 Å². The summed E-state index contributed by atoms with van der Waals surface area (Å²) in [5, 5.41) is 8.85. The third kappa shape index (κ3) is 6.78. The van der Waals surface area contributed by atoms with Gasteiger partial charge >= 0.3 is 0 Å². The lowest BCUT2D eigenvalue weighted by Gasteiger charge is -2.06. The Morgan fingerprint density at radius 3 is 2.53 bits per heavy atom. The predicted octanol–water partition coefficient (Wildman–Crippen LogP) is 4.36. The van der Waals surface area contributed by atoms with E-state index in [0.29, 0.717) is 5.57 Å². The van der Waals surface area contributed by atoms with E-state index in [9.17, 15) is 0 Å². The normalized spacial score (nSPS) is 12.8. The molecule has 0 spiro atoms. The number of hydrogen-bond donors (Lipinski definition) is 0. The van der Waals surface area contributed by atoms with Gasteiger partial charge in [-0.25, -0.2) is 0 Å². The summed E-state index contributed by atoms with van der Waals surface area (Å²) in [5.74, 6) is 0. The fourth-order valence-electron chi connectivity index (χ4n) is 1.77. The molecule has 0 unspecified atom stereocenters. The molecule has 0 saturated carbocycles. The van der Waals surface area contributed by atoms with Crippen molar-refractivity contribution in [3.63, 3.8) is 0 Å². The standard InChI is InChI=1S/C14H23BN2/c1-6-9-15(5)10-8-12(3)17-13(4)14(7-2)11-16/h7H,2,6,8-10H2,1,3-5H3/b14-13+,17-12+. The molecule has 2 nitrogen and oxygen atoms in total. The highest BCUT2D eigenvalue weighted by Crippen LogP contribution is 2.10. The molecule has 0 saturated heterocycles. The van der Waals surface area contributed by atoms with E-state index in [-0.39, 0.29) is 0 Å². The molecule has 17 heavy (non-hydrogen) atoms. The van der Waals surface area contributed by atoms with Crippen LogP contribution < -0.4 is 0 Å². The van der Waals surface area contributed by atoms with Crippen LogP contribution in [0, 0.1) is 11.3 Å². The first-order chi connectivity index (χ1) is 8.04. The molecule has 0 aliphatic heterocycles. The second kappa shape index (κ2) is 8.81. The Labute approximate surface area is 106 Å². The Morgan fingerprint density at radius 2 is 2.06 bits per heavy atom. The summed E-state index contributed by atoms with van der Waals surface area (Å²) in [6.07, 6.45) is 6.26. The highest BCUT2D eigenvalue weighted by molar-refractivity contribution is 6.57. The summed E-state index contributed by atoms with van der Waals surface area (Å²) in [4.78, 5) is 4.45. The van der Waals surface area contributed by atoms with Gasteiger partial charge in [0.25, 0.3) is 0 Å². The van der Waals surface area contributed by atoms with Gasteiger partial charge in [0.1, 0.15) is 12.8 Å². The highest BCUT2D eigenvalue weighted by atomic mass is 14.7. The van der Waals surface area contributed by atoms with Crippen molar-refractivity contribution < 1.29 is 0 Å². The van der Waals surface area contributed by atoms with Crippen LogP contribution in [0.3, 0.4) is 0 Å². The number of hydrogen-bond acceptors (Lipinski definition) is 2. The van der Waals surface area contributed by atoms with Crippen LogP contribution >= 0.6 is 0 Å². The van der Waals surface area contributed by atoms with Crippen LogP contribution in [0.5, 0.6) is 0 Å². The maximum Gasteiger partial charge on any atom is 0.137 e. The third-order valence-corrected chi connectivity index (χ3v) is 2.85. The Kier molecular flexibility index (Phi) is 8.14. The van der Waals surface area contributed by atoms with E-state index in [1.54, 1.807) is 6.08 Å². The maximum atomic E-state index is 8.85. The van der Waals surface area contributed by atoms with Crippen LogP contribution in [0.2, 0.25) is 19.5 Å². The van der Waals surface area contributed by atoms with Crippen molar-refractivity contribution in [2.45, 2.75) is 53.1 Å². The second-order valence-electron chi connectivity index (χ2n) is 4.59. The summed E-state index contributed by atoms with van der Waals surface area (Å²) >= 11 is 0. The molecule has 0 fully saturated rings. The highest BCUT2D eigenvalue weighted by Gasteiger charge is 2.06. The summed E-state index contributed by atoms with van der Waals surface area (Å²) in [6.45, 7) is 12.7. The zero-order valence-corrected chi connectivity index (χ0v) is 11.6. The Morgan fingerprint density at radius 1 is 1.41 bits per heavy atom. The molecule has 0 heterocycles. The SMILES string of the molecule is C=C/C(C#N)=C(C)\N=C(/C)CCB(C)CCC. The lowest BCUT2D eigenvalue weighted by molar-refractivity contribution is 1.04. The van der Waals surface area contributed by atoms with Crippen LogP contribution in [0.25, 0.3) is 0 Å². The van der Waals surface area contributed by atoms with Gasteiger partial charge in [0.2, 0.25) is 0 Å². The van der Waals surface area contributed by atoms with Gasteiger partial charge in [0, 0.05) is 5.71 Å². The average molecular weight is 230 g/mol. The minimum Gasteiger partial charge on any atom is -0.262 e. The van der Waals surface area contributed by atoms with Crippen molar-refractivity contribution in [3.05, 3.63) is 23.9 Å². The Bertz CT molecular complexity index is 348. The molecule has 0 N–H and O–H groups in total. The molecule has 0 aliphatic rings. The van der Waals surface area contributed by atoms with E-state index >= 15 is 0 Å². The average Bonchev–Trinajstić information content (AvgIpc) is 2.28. The van der Waals surface area contributed by atoms with E-state index in [1.807, 2.05) is 13.8 Å². The van der Waals surface area contributed by atoms with Crippen molar-refractivity contribution in [2.24, 2.45) is 4.99 Å². The van der Waals surface area contributed by atoms with E-state index < -0.39 is 0 Å². The fourth-order valence-corrected chi connectivity index (χ4v) is 1.77. The predicted molar refractivity (Wildman–Crippen MR) is 77.8 cm³/mol. The molecule has 0 aliphatic carbocycles. The summed E-state index contributed by atoms with van der Waals surface area (Å²) in [5.41, 5.74) is 2.43. The summed E-state index contributed by atoms with van der Waals surface area (Å²) < 4.78 is 0. The number of nitriles is 1. The second-order valence-corrected chi connectivity index (χ2v) is 4.59. The summed E-state index contributed by atoms with van der Waals surface area (Å²) in [6, 6.07) is 2.10. The zero-order chi connectivity index (χ0) is 13.3. The van der Waals surface area contributed by atoms with E-state index in [1.165, 1.54) is 19.1 Å². The Balaban J connectivity index is 4.41. The molecule has 0 amide bonds. The first kappa shape index (κ1) is 15.7. The van der Waals surface area contributed by atoms with Crippen LogP contribution in [0.1, 0.15) is 33.6 Å². The van der Waals surface area contributed by atoms with Gasteiger partial charge in [-0.2, -0.15) is 5.26 Å². The molecule has 0 aromatic carbocycles. The van der Waals surface area contributed by atoms with Gasteiger partial charge in [-0.1, -0.05) is 39.4 Å². The van der Waals surface area contributed by atoms with Crippen LogP contribution in [-0.2, 0) is 0 Å². The van der Waals surface area contributed by atoms with Crippen LogP contribution in [0.15, 0.2) is 28.9 Å². The fraction of sp³-hybridized carbons (Fsp3) is 0.571. The smallest absolute Gasteiger partial charge is 0.137 e. The quantitative estimate of drug-likeness (QED) is 0.277. The molecule has 0 bridgehead atoms. The third-order valence-electron chi connectivity index (χ3n) is 2.85. The molecule has 0 radical (unpaired) electrons. The molecule has 92 valence electrons. The topological polar surface area (TPSA) is 36.1 Å². The van der Waals surface area contributed by atoms with Crippen molar-refractivity contribution in [3.8, 4) is 6.07 Å². The van der Waals surface area contributed by atoms with Gasteiger partial charge in [-0.3, -0.25) is 4.99 Å². The maximum absolute atomic E-state index is 8.85. The van der Waals surface area contributed by atoms with E-state index in [2.05, 4.69) is 31.4 Å². The molecule has 0 aromatic heterocycles. The van der Waals surface area contributed by atoms with Gasteiger partial charge in [-0.15, -0.1) is 0 Å². The lowest BCUT2D eigenvalue weighted by Crippen LogP contribution is -2.07. The van der Waals surface area contributed by atoms with Crippen LogP contribution in [0.4, 0.5) is 0 Å². The number of nitrogens with zero attached hydrogens (tertiary/aromatic N) is 2. The van der Waals surface area contributed by atoms with Gasteiger partial charge in [0.15, 0.2) is 0 Å². The van der Waals surface area contributed by atoms with Gasteiger partial charge < -0.3 is 0 Å². The first-order valence-electron chi connectivity index (χ1n) is 6.32. The monoisotopic (exact) mass is 230 g/mol. The minimum absolute atomic E-state index is 0.561. The van der Waals surface area contributed by atoms with Crippen molar-refractivity contribution in [1.82, 2.24) is 0 Å². The molecule has 3 heteroatoms. The molecular weight excluding hydrogens is 207 g/mol. The number of allylic oxidation sites excluding steroid dienone is 3.